The minimum atomic E-state index is -6.79. The molecule has 0 aliphatic rings. The van der Waals surface area contributed by atoms with Gasteiger partial charge in [-0.1, -0.05) is 18.2 Å². The summed E-state index contributed by atoms with van der Waals surface area (Å²) >= 11 is -0.726. The maximum absolute atomic E-state index is 12.4. The van der Waals surface area contributed by atoms with Gasteiger partial charge in [0.15, 0.2) is 0 Å². The number of alkyl halides is 6. The van der Waals surface area contributed by atoms with E-state index in [-0.39, 0.29) is 0 Å². The number of halogens is 6. The second-order valence-corrected chi connectivity index (χ2v) is 8.74. The molecular weight excluding hydrogens is 384 g/mol. The Bertz CT molecular complexity index is 681. The highest BCUT2D eigenvalue weighted by atomic mass is 32.3. The molecule has 0 unspecified atom stereocenters. The molecule has 0 aromatic heterocycles. The van der Waals surface area contributed by atoms with Gasteiger partial charge in [0.2, 0.25) is 0 Å². The average molecular weight is 389 g/mol. The van der Waals surface area contributed by atoms with E-state index in [1.165, 1.54) is 18.2 Å². The van der Waals surface area contributed by atoms with E-state index in [1.54, 1.807) is 0 Å². The third-order valence-corrected chi connectivity index (χ3v) is 7.29. The Hall–Kier alpha value is -0.990. The lowest BCUT2D eigenvalue weighted by Crippen LogP contribution is -2.45. The zero-order valence-corrected chi connectivity index (χ0v) is 12.4. The Kier molecular flexibility index (Phi) is 5.11. The molecule has 0 bridgehead atoms. The Morgan fingerprint density at radius 3 is 1.45 bits per heavy atom. The first-order chi connectivity index (χ1) is 9.71. The molecule has 0 saturated carbocycles. The molecule has 0 fully saturated rings. The lowest BCUT2D eigenvalue weighted by atomic mass is 10.4. The van der Waals surface area contributed by atoms with E-state index in [1.807, 2.05) is 0 Å². The predicted octanol–water partition coefficient (Wildman–Crippen LogP) is 2.69. The third kappa shape index (κ3) is 3.67. The molecule has 1 aromatic rings. The van der Waals surface area contributed by atoms with E-state index >= 15 is 0 Å². The number of nitrogens with zero attached hydrogens (tertiary/aromatic N) is 1. The van der Waals surface area contributed by atoms with Crippen LogP contribution in [0.4, 0.5) is 26.3 Å². The quantitative estimate of drug-likeness (QED) is 0.585. The third-order valence-electron chi connectivity index (χ3n) is 1.90. The smallest absolute Gasteiger partial charge is 0.201 e. The number of hydrogen-bond donors (Lipinski definition) is 0. The molecule has 1 aromatic carbocycles. The molecule has 0 aliphatic heterocycles. The molecule has 14 heteroatoms. The Balaban J connectivity index is 3.49. The molecule has 5 nitrogen and oxygen atoms in total. The van der Waals surface area contributed by atoms with Crippen LogP contribution in [-0.4, -0.2) is 31.0 Å². The summed E-state index contributed by atoms with van der Waals surface area (Å²) < 4.78 is 117. The van der Waals surface area contributed by atoms with Gasteiger partial charge in [-0.25, -0.2) is 16.8 Å². The van der Waals surface area contributed by atoms with Gasteiger partial charge in [-0.15, -0.1) is 0 Å². The molecule has 0 radical (unpaired) electrons. The average Bonchev–Trinajstić information content (AvgIpc) is 2.34. The SMILES string of the molecule is O=S(=O)(N(Sc1ccccc1)S(=O)(=O)C(F)(F)F)C(F)(F)F. The molecule has 126 valence electrons. The number of rotatable bonds is 4. The highest BCUT2D eigenvalue weighted by molar-refractivity contribution is 8.20. The summed E-state index contributed by atoms with van der Waals surface area (Å²) in [5.74, 6) is 0. The van der Waals surface area contributed by atoms with Gasteiger partial charge in [0.1, 0.15) is 0 Å². The largest absolute Gasteiger partial charge is 0.513 e. The fraction of sp³-hybridized carbons (Fsp3) is 0.250. The van der Waals surface area contributed by atoms with Gasteiger partial charge in [-0.3, -0.25) is 0 Å². The van der Waals surface area contributed by atoms with Gasteiger partial charge < -0.3 is 0 Å². The van der Waals surface area contributed by atoms with Crippen LogP contribution in [0.2, 0.25) is 0 Å². The molecule has 0 amide bonds. The van der Waals surface area contributed by atoms with Crippen LogP contribution < -0.4 is 0 Å². The Labute approximate surface area is 125 Å². The summed E-state index contributed by atoms with van der Waals surface area (Å²) in [6, 6.07) is 5.55. The van der Waals surface area contributed by atoms with E-state index in [2.05, 4.69) is 0 Å². The van der Waals surface area contributed by atoms with Crippen LogP contribution in [-0.2, 0) is 20.0 Å². The second kappa shape index (κ2) is 5.90. The molecule has 22 heavy (non-hydrogen) atoms. The topological polar surface area (TPSA) is 71.5 Å². The van der Waals surface area contributed by atoms with Crippen molar-refractivity contribution >= 4 is 32.0 Å². The van der Waals surface area contributed by atoms with E-state index in [0.29, 0.717) is 0 Å². The molecule has 1 rings (SSSR count). The molecule has 0 heterocycles. The summed E-state index contributed by atoms with van der Waals surface area (Å²) in [7, 11) is -13.6. The summed E-state index contributed by atoms with van der Waals surface area (Å²) in [6.45, 7) is 0. The van der Waals surface area contributed by atoms with E-state index in [9.17, 15) is 43.2 Å². The molecule has 0 N–H and O–H groups in total. The van der Waals surface area contributed by atoms with Crippen molar-refractivity contribution in [1.29, 1.82) is 0 Å². The van der Waals surface area contributed by atoms with Crippen molar-refractivity contribution in [3.63, 3.8) is 0 Å². The van der Waals surface area contributed by atoms with Crippen LogP contribution in [0.15, 0.2) is 35.2 Å². The zero-order valence-electron chi connectivity index (χ0n) is 9.96. The van der Waals surface area contributed by atoms with E-state index in [0.717, 1.165) is 12.1 Å². The van der Waals surface area contributed by atoms with Crippen molar-refractivity contribution in [2.75, 3.05) is 0 Å². The van der Waals surface area contributed by atoms with Crippen molar-refractivity contribution < 1.29 is 43.2 Å². The Morgan fingerprint density at radius 1 is 0.773 bits per heavy atom. The number of benzene rings is 1. The predicted molar refractivity (Wildman–Crippen MR) is 64.1 cm³/mol. The van der Waals surface area contributed by atoms with Crippen LogP contribution in [0.25, 0.3) is 0 Å². The lowest BCUT2D eigenvalue weighted by molar-refractivity contribution is -0.0503. The van der Waals surface area contributed by atoms with E-state index < -0.39 is 51.0 Å². The van der Waals surface area contributed by atoms with Crippen molar-refractivity contribution in [2.24, 2.45) is 0 Å². The van der Waals surface area contributed by atoms with Crippen LogP contribution in [0, 0.1) is 0 Å². The molecule has 0 saturated heterocycles. The van der Waals surface area contributed by atoms with Gasteiger partial charge in [-0.2, -0.15) is 26.3 Å². The van der Waals surface area contributed by atoms with E-state index in [4.69, 9.17) is 0 Å². The van der Waals surface area contributed by atoms with Crippen molar-refractivity contribution in [1.82, 2.24) is 3.12 Å². The summed E-state index contributed by atoms with van der Waals surface area (Å²) in [6.07, 6.45) is 0. The fourth-order valence-electron chi connectivity index (χ4n) is 0.964. The van der Waals surface area contributed by atoms with Crippen LogP contribution >= 0.6 is 11.9 Å². The minimum absolute atomic E-state index is 0.455. The first-order valence-electron chi connectivity index (χ1n) is 4.87. The first-order valence-corrected chi connectivity index (χ1v) is 8.52. The van der Waals surface area contributed by atoms with Crippen molar-refractivity contribution in [2.45, 2.75) is 15.9 Å². The monoisotopic (exact) mass is 389 g/mol. The normalized spacial score (nSPS) is 14.3. The van der Waals surface area contributed by atoms with Crippen LogP contribution in [0.1, 0.15) is 0 Å². The zero-order chi connectivity index (χ0) is 17.4. The lowest BCUT2D eigenvalue weighted by Gasteiger charge is -2.22. The van der Waals surface area contributed by atoms with Gasteiger partial charge in [0.25, 0.3) is 0 Å². The van der Waals surface area contributed by atoms with Crippen LogP contribution in [0.5, 0.6) is 0 Å². The minimum Gasteiger partial charge on any atom is -0.201 e. The molecular formula is C8H5F6NO4S3. The molecule has 0 atom stereocenters. The van der Waals surface area contributed by atoms with Crippen LogP contribution in [0.3, 0.4) is 0 Å². The van der Waals surface area contributed by atoms with Gasteiger partial charge in [0, 0.05) is 4.90 Å². The standard InChI is InChI=1S/C8H5F6NO4S3/c9-7(10,11)21(16,17)15(22(18,19)8(12,13)14)20-6-4-2-1-3-5-6/h1-5H. The molecule has 0 spiro atoms. The Morgan fingerprint density at radius 2 is 1.14 bits per heavy atom. The number of sulfonamides is 2. The number of hydrogen-bond acceptors (Lipinski definition) is 5. The summed E-state index contributed by atoms with van der Waals surface area (Å²) in [4.78, 5) is -0.455. The van der Waals surface area contributed by atoms with Gasteiger partial charge in [-0.05, 0) is 27.2 Å². The first kappa shape index (κ1) is 19.1. The van der Waals surface area contributed by atoms with Crippen molar-refractivity contribution in [3.8, 4) is 0 Å². The van der Waals surface area contributed by atoms with Crippen molar-refractivity contribution in [3.05, 3.63) is 30.3 Å². The van der Waals surface area contributed by atoms with Gasteiger partial charge >= 0.3 is 31.1 Å². The maximum atomic E-state index is 12.4. The fourth-order valence-corrected chi connectivity index (χ4v) is 5.10. The maximum Gasteiger partial charge on any atom is 0.513 e. The molecule has 0 aliphatic carbocycles. The summed E-state index contributed by atoms with van der Waals surface area (Å²) in [5, 5.41) is 0. The van der Waals surface area contributed by atoms with Gasteiger partial charge in [0.05, 0.1) is 0 Å². The summed E-state index contributed by atoms with van der Waals surface area (Å²) in [5.41, 5.74) is -12.5. The highest BCUT2D eigenvalue weighted by Gasteiger charge is 2.62. The highest BCUT2D eigenvalue weighted by Crippen LogP contribution is 2.41. The second-order valence-electron chi connectivity index (χ2n) is 3.47.